The van der Waals surface area contributed by atoms with Crippen LogP contribution in [-0.4, -0.2) is 29.2 Å². The van der Waals surface area contributed by atoms with E-state index in [1.165, 1.54) is 0 Å². The average molecular weight is 282 g/mol. The van der Waals surface area contributed by atoms with Gasteiger partial charge in [0.2, 0.25) is 5.88 Å². The van der Waals surface area contributed by atoms with Crippen LogP contribution in [0.5, 0.6) is 5.88 Å². The molecular weight excluding hydrogens is 256 g/mol. The molecule has 0 aliphatic carbocycles. The van der Waals surface area contributed by atoms with Crippen molar-refractivity contribution in [1.82, 2.24) is 9.97 Å². The van der Waals surface area contributed by atoms with Gasteiger partial charge in [-0.1, -0.05) is 13.8 Å². The third-order valence-electron chi connectivity index (χ3n) is 2.28. The first-order valence-corrected chi connectivity index (χ1v) is 6.79. The fraction of sp³-hybridized carbons (Fsp3) is 0.714. The van der Waals surface area contributed by atoms with Crippen molar-refractivity contribution < 1.29 is 9.47 Å². The van der Waals surface area contributed by atoms with Crippen LogP contribution in [0.1, 0.15) is 40.4 Å². The number of nitrogens with two attached hydrogens (primary N) is 1. The Morgan fingerprint density at radius 3 is 2.40 bits per heavy atom. The number of anilines is 2. The molecule has 0 saturated heterocycles. The Morgan fingerprint density at radius 1 is 1.25 bits per heavy atom. The molecule has 0 spiro atoms. The summed E-state index contributed by atoms with van der Waals surface area (Å²) in [7, 11) is 1.60. The lowest BCUT2D eigenvalue weighted by molar-refractivity contribution is 0.176. The molecule has 0 saturated carbocycles. The van der Waals surface area contributed by atoms with Crippen molar-refractivity contribution in [3.63, 3.8) is 0 Å². The maximum atomic E-state index is 6.09. The number of hydrogen-bond donors (Lipinski definition) is 2. The Kier molecular flexibility index (Phi) is 5.56. The molecule has 0 unspecified atom stereocenters. The van der Waals surface area contributed by atoms with E-state index in [4.69, 9.17) is 15.2 Å². The van der Waals surface area contributed by atoms with Crippen molar-refractivity contribution >= 4 is 11.5 Å². The summed E-state index contributed by atoms with van der Waals surface area (Å²) in [5, 5.41) is 3.26. The van der Waals surface area contributed by atoms with Gasteiger partial charge in [0.1, 0.15) is 12.3 Å². The van der Waals surface area contributed by atoms with Gasteiger partial charge in [-0.2, -0.15) is 4.98 Å². The Morgan fingerprint density at radius 2 is 1.90 bits per heavy atom. The van der Waals surface area contributed by atoms with Crippen LogP contribution in [0.3, 0.4) is 0 Å². The van der Waals surface area contributed by atoms with Gasteiger partial charge in [0.05, 0.1) is 6.61 Å². The minimum Gasteiger partial charge on any atom is -0.476 e. The molecular formula is C14H26N4O2. The number of aromatic nitrogens is 2. The topological polar surface area (TPSA) is 82.3 Å². The highest BCUT2D eigenvalue weighted by Crippen LogP contribution is 2.28. The van der Waals surface area contributed by atoms with Crippen molar-refractivity contribution in [3.05, 3.63) is 5.82 Å². The van der Waals surface area contributed by atoms with Crippen LogP contribution in [0.4, 0.5) is 11.5 Å². The molecule has 0 fully saturated rings. The maximum Gasteiger partial charge on any atom is 0.242 e. The molecule has 1 heterocycles. The minimum absolute atomic E-state index is 0.151. The Bertz CT molecular complexity index is 442. The number of ether oxygens (including phenoxy) is 2. The summed E-state index contributed by atoms with van der Waals surface area (Å²) in [6.45, 7) is 11.1. The van der Waals surface area contributed by atoms with E-state index in [9.17, 15) is 0 Å². The molecule has 0 atom stereocenters. The largest absolute Gasteiger partial charge is 0.476 e. The first kappa shape index (κ1) is 16.5. The number of nitrogens with zero attached hydrogens (tertiary/aromatic N) is 2. The fourth-order valence-corrected chi connectivity index (χ4v) is 1.49. The van der Waals surface area contributed by atoms with E-state index in [1.54, 1.807) is 7.11 Å². The quantitative estimate of drug-likeness (QED) is 0.834. The van der Waals surface area contributed by atoms with Crippen molar-refractivity contribution in [2.45, 2.75) is 46.8 Å². The highest BCUT2D eigenvalue weighted by atomic mass is 16.5. The molecule has 20 heavy (non-hydrogen) atoms. The molecule has 3 N–H and O–H groups in total. The minimum atomic E-state index is -0.151. The second kappa shape index (κ2) is 6.74. The van der Waals surface area contributed by atoms with Gasteiger partial charge in [-0.25, -0.2) is 4.98 Å². The molecule has 1 rings (SSSR count). The Labute approximate surface area is 121 Å². The third-order valence-corrected chi connectivity index (χ3v) is 2.28. The van der Waals surface area contributed by atoms with Gasteiger partial charge in [0, 0.05) is 12.6 Å². The zero-order valence-corrected chi connectivity index (χ0v) is 13.3. The summed E-state index contributed by atoms with van der Waals surface area (Å²) in [4.78, 5) is 8.68. The number of rotatable bonds is 6. The standard InChI is InChI=1S/C14H26N4O2/c1-9(2)7-20-13-11(15)12(18-14(3,4)5)16-10(17-13)8-19-6/h9H,7-8,15H2,1-6H3,(H,16,17,18). The van der Waals surface area contributed by atoms with Crippen LogP contribution < -0.4 is 15.8 Å². The molecule has 6 heteroatoms. The molecule has 1 aromatic rings. The van der Waals surface area contributed by atoms with Crippen molar-refractivity contribution in [2.24, 2.45) is 5.92 Å². The van der Waals surface area contributed by atoms with E-state index in [-0.39, 0.29) is 5.54 Å². The SMILES string of the molecule is COCc1nc(NC(C)(C)C)c(N)c(OCC(C)C)n1. The molecule has 0 bridgehead atoms. The first-order valence-electron chi connectivity index (χ1n) is 6.79. The Balaban J connectivity index is 3.08. The smallest absolute Gasteiger partial charge is 0.242 e. The molecule has 0 aliphatic heterocycles. The van der Waals surface area contributed by atoms with Crippen molar-refractivity contribution in [2.75, 3.05) is 24.8 Å². The highest BCUT2D eigenvalue weighted by Gasteiger charge is 2.18. The van der Waals surface area contributed by atoms with E-state index in [1.807, 2.05) is 20.8 Å². The van der Waals surface area contributed by atoms with Gasteiger partial charge in [-0.05, 0) is 26.7 Å². The summed E-state index contributed by atoms with van der Waals surface area (Å²) in [5.74, 6) is 1.94. The predicted octanol–water partition coefficient (Wildman–Crippen LogP) is 2.45. The van der Waals surface area contributed by atoms with E-state index in [2.05, 4.69) is 29.1 Å². The van der Waals surface area contributed by atoms with Gasteiger partial charge in [-0.3, -0.25) is 0 Å². The molecule has 114 valence electrons. The summed E-state index contributed by atoms with van der Waals surface area (Å²) in [5.41, 5.74) is 6.37. The van der Waals surface area contributed by atoms with Gasteiger partial charge >= 0.3 is 0 Å². The second-order valence-corrected chi connectivity index (χ2v) is 6.22. The van der Waals surface area contributed by atoms with Crippen LogP contribution in [-0.2, 0) is 11.3 Å². The normalized spacial score (nSPS) is 11.8. The zero-order chi connectivity index (χ0) is 15.3. The molecule has 0 aromatic carbocycles. The summed E-state index contributed by atoms with van der Waals surface area (Å²) < 4.78 is 10.8. The van der Waals surface area contributed by atoms with Crippen LogP contribution >= 0.6 is 0 Å². The van der Waals surface area contributed by atoms with Gasteiger partial charge < -0.3 is 20.5 Å². The van der Waals surface area contributed by atoms with Gasteiger partial charge in [0.15, 0.2) is 11.6 Å². The zero-order valence-electron chi connectivity index (χ0n) is 13.3. The summed E-state index contributed by atoms with van der Waals surface area (Å²) >= 11 is 0. The second-order valence-electron chi connectivity index (χ2n) is 6.22. The van der Waals surface area contributed by atoms with Gasteiger partial charge in [-0.15, -0.1) is 0 Å². The molecule has 6 nitrogen and oxygen atoms in total. The van der Waals surface area contributed by atoms with Crippen molar-refractivity contribution in [1.29, 1.82) is 0 Å². The van der Waals surface area contributed by atoms with Gasteiger partial charge in [0.25, 0.3) is 0 Å². The molecule has 0 amide bonds. The predicted molar refractivity (Wildman–Crippen MR) is 80.9 cm³/mol. The third kappa shape index (κ3) is 5.21. The number of nitrogens with one attached hydrogen (secondary N) is 1. The van der Waals surface area contributed by atoms with Crippen LogP contribution in [0.15, 0.2) is 0 Å². The van der Waals surface area contributed by atoms with Crippen LogP contribution in [0, 0.1) is 5.92 Å². The molecule has 1 aromatic heterocycles. The highest BCUT2D eigenvalue weighted by molar-refractivity contribution is 5.67. The number of nitrogen functional groups attached to an aromatic ring is 1. The lowest BCUT2D eigenvalue weighted by atomic mass is 10.1. The van der Waals surface area contributed by atoms with E-state index in [0.29, 0.717) is 42.3 Å². The lowest BCUT2D eigenvalue weighted by Crippen LogP contribution is -2.28. The maximum absolute atomic E-state index is 6.09. The molecule has 0 aliphatic rings. The number of methoxy groups -OCH3 is 1. The Hall–Kier alpha value is -1.56. The van der Waals surface area contributed by atoms with E-state index >= 15 is 0 Å². The monoisotopic (exact) mass is 282 g/mol. The van der Waals surface area contributed by atoms with E-state index in [0.717, 1.165) is 0 Å². The van der Waals surface area contributed by atoms with Crippen molar-refractivity contribution in [3.8, 4) is 5.88 Å². The summed E-state index contributed by atoms with van der Waals surface area (Å²) in [6, 6.07) is 0. The fourth-order valence-electron chi connectivity index (χ4n) is 1.49. The lowest BCUT2D eigenvalue weighted by Gasteiger charge is -2.23. The first-order chi connectivity index (χ1) is 9.23. The average Bonchev–Trinajstić information content (AvgIpc) is 2.29. The molecule has 0 radical (unpaired) electrons. The van der Waals surface area contributed by atoms with Crippen LogP contribution in [0.25, 0.3) is 0 Å². The van der Waals surface area contributed by atoms with E-state index < -0.39 is 0 Å². The summed E-state index contributed by atoms with van der Waals surface area (Å²) in [6.07, 6.45) is 0. The van der Waals surface area contributed by atoms with Crippen LogP contribution in [0.2, 0.25) is 0 Å². The number of hydrogen-bond acceptors (Lipinski definition) is 6.